The van der Waals surface area contributed by atoms with Crippen LogP contribution in [0.15, 0.2) is 16.1 Å². The number of carbonyl (C=O) groups is 1. The minimum absolute atomic E-state index is 0.238. The van der Waals surface area contributed by atoms with Crippen LogP contribution in [-0.4, -0.2) is 12.1 Å². The number of aliphatic imine (C=N–C) groups is 1. The van der Waals surface area contributed by atoms with Crippen LogP contribution < -0.4 is 0 Å². The Hall–Kier alpha value is -1.14. The van der Waals surface area contributed by atoms with E-state index < -0.39 is 11.8 Å². The summed E-state index contributed by atoms with van der Waals surface area (Å²) in [6.07, 6.45) is 2.73. The van der Waals surface area contributed by atoms with E-state index in [9.17, 15) is 4.79 Å². The van der Waals surface area contributed by atoms with Crippen molar-refractivity contribution in [3.05, 3.63) is 11.1 Å². The van der Waals surface area contributed by atoms with Gasteiger partial charge in [0.1, 0.15) is 0 Å². The van der Waals surface area contributed by atoms with Crippen molar-refractivity contribution in [2.24, 2.45) is 10.9 Å². The summed E-state index contributed by atoms with van der Waals surface area (Å²) in [6.45, 7) is 0. The highest BCUT2D eigenvalue weighted by Gasteiger charge is 2.22. The molecule has 4 heteroatoms. The number of halogens is 1. The molecule has 1 heterocycles. The number of rotatable bonds is 0. The van der Waals surface area contributed by atoms with E-state index >= 15 is 0 Å². The second kappa shape index (κ2) is 2.63. The van der Waals surface area contributed by atoms with E-state index in [4.69, 9.17) is 16.9 Å². The molecule has 0 aliphatic carbocycles. The Morgan fingerprint density at radius 1 is 1.80 bits per heavy atom. The number of hydrogen-bond acceptors (Lipinski definition) is 2. The highest BCUT2D eigenvalue weighted by atomic mass is 35.5. The zero-order valence-corrected chi connectivity index (χ0v) is 5.67. The summed E-state index contributed by atoms with van der Waals surface area (Å²) in [6, 6.07) is 1.74. The fraction of sp³-hybridized carbons (Fsp3) is 0.167. The fourth-order valence-electron chi connectivity index (χ4n) is 0.588. The van der Waals surface area contributed by atoms with E-state index in [0.717, 1.165) is 0 Å². The second-order valence-corrected chi connectivity index (χ2v) is 2.17. The smallest absolute Gasteiger partial charge is 0.268 e. The zero-order chi connectivity index (χ0) is 7.56. The van der Waals surface area contributed by atoms with Crippen molar-refractivity contribution in [3.63, 3.8) is 0 Å². The molecule has 1 rings (SSSR count). The van der Waals surface area contributed by atoms with Gasteiger partial charge in [0.25, 0.3) is 5.91 Å². The molecular formula is C6H3ClN2O. The molecule has 1 atom stereocenters. The van der Waals surface area contributed by atoms with Crippen LogP contribution in [-0.2, 0) is 4.79 Å². The highest BCUT2D eigenvalue weighted by Crippen LogP contribution is 2.18. The fourth-order valence-corrected chi connectivity index (χ4v) is 0.786. The lowest BCUT2D eigenvalue weighted by molar-refractivity contribution is -0.119. The Balaban J connectivity index is 2.95. The molecule has 0 aromatic carbocycles. The van der Waals surface area contributed by atoms with Crippen molar-refractivity contribution in [3.8, 4) is 6.07 Å². The largest absolute Gasteiger partial charge is 0.271 e. The highest BCUT2D eigenvalue weighted by molar-refractivity contribution is 6.33. The predicted octanol–water partition coefficient (Wildman–Crippen LogP) is 0.860. The van der Waals surface area contributed by atoms with Crippen molar-refractivity contribution in [2.45, 2.75) is 0 Å². The van der Waals surface area contributed by atoms with E-state index in [-0.39, 0.29) is 5.03 Å². The Morgan fingerprint density at radius 3 is 2.90 bits per heavy atom. The molecule has 0 spiro atoms. The van der Waals surface area contributed by atoms with Crippen LogP contribution in [0, 0.1) is 17.2 Å². The Bertz CT molecular complexity index is 261. The number of hydrogen-bond donors (Lipinski definition) is 0. The molecule has 0 saturated heterocycles. The van der Waals surface area contributed by atoms with Crippen LogP contribution in [0.2, 0.25) is 0 Å². The molecule has 0 saturated carbocycles. The summed E-state index contributed by atoms with van der Waals surface area (Å²) < 4.78 is 0. The maximum atomic E-state index is 10.7. The summed E-state index contributed by atoms with van der Waals surface area (Å²) in [7, 11) is 0. The molecular weight excluding hydrogens is 152 g/mol. The zero-order valence-electron chi connectivity index (χ0n) is 4.91. The van der Waals surface area contributed by atoms with Crippen molar-refractivity contribution >= 4 is 23.7 Å². The predicted molar refractivity (Wildman–Crippen MR) is 36.5 cm³/mol. The molecule has 0 aromatic rings. The third kappa shape index (κ3) is 1.07. The Kier molecular flexibility index (Phi) is 1.83. The third-order valence-corrected chi connectivity index (χ3v) is 1.43. The van der Waals surface area contributed by atoms with Gasteiger partial charge in [-0.2, -0.15) is 5.26 Å². The van der Waals surface area contributed by atoms with E-state index in [1.54, 1.807) is 6.07 Å². The number of amides is 1. The van der Waals surface area contributed by atoms with Gasteiger partial charge in [0.2, 0.25) is 0 Å². The van der Waals surface area contributed by atoms with Gasteiger partial charge in [0, 0.05) is 11.2 Å². The van der Waals surface area contributed by atoms with Crippen LogP contribution in [0.1, 0.15) is 0 Å². The molecule has 3 nitrogen and oxygen atoms in total. The molecule has 0 aromatic heterocycles. The molecule has 0 fully saturated rings. The monoisotopic (exact) mass is 154 g/mol. The van der Waals surface area contributed by atoms with Crippen molar-refractivity contribution in [2.75, 3.05) is 0 Å². The first-order chi connectivity index (χ1) is 4.75. The molecule has 10 heavy (non-hydrogen) atoms. The van der Waals surface area contributed by atoms with Crippen LogP contribution in [0.5, 0.6) is 0 Å². The molecule has 0 radical (unpaired) electrons. The SMILES string of the molecule is N#CC1C(=O)N=CC=C1Cl. The van der Waals surface area contributed by atoms with Gasteiger partial charge >= 0.3 is 0 Å². The van der Waals surface area contributed by atoms with Crippen molar-refractivity contribution < 1.29 is 4.79 Å². The number of carbonyl (C=O) groups excluding carboxylic acids is 1. The number of nitrogens with zero attached hydrogens (tertiary/aromatic N) is 2. The van der Waals surface area contributed by atoms with Crippen LogP contribution in [0.4, 0.5) is 0 Å². The summed E-state index contributed by atoms with van der Waals surface area (Å²) in [4.78, 5) is 14.1. The maximum absolute atomic E-state index is 10.7. The summed E-state index contributed by atoms with van der Waals surface area (Å²) in [5.41, 5.74) is 0. The van der Waals surface area contributed by atoms with Crippen LogP contribution >= 0.6 is 11.6 Å². The Labute approximate surface area is 62.6 Å². The molecule has 0 N–H and O–H groups in total. The van der Waals surface area contributed by atoms with Gasteiger partial charge in [0.05, 0.1) is 6.07 Å². The average Bonchev–Trinajstić information content (AvgIpc) is 1.88. The summed E-state index contributed by atoms with van der Waals surface area (Å²) in [5, 5.41) is 8.60. The van der Waals surface area contributed by atoms with Gasteiger partial charge in [-0.25, -0.2) is 4.99 Å². The first-order valence-electron chi connectivity index (χ1n) is 2.59. The van der Waals surface area contributed by atoms with Gasteiger partial charge in [0.15, 0.2) is 5.92 Å². The lowest BCUT2D eigenvalue weighted by Gasteiger charge is -2.04. The van der Waals surface area contributed by atoms with Crippen LogP contribution in [0.25, 0.3) is 0 Å². The maximum Gasteiger partial charge on any atom is 0.268 e. The third-order valence-electron chi connectivity index (χ3n) is 1.09. The minimum atomic E-state index is -0.883. The van der Waals surface area contributed by atoms with Gasteiger partial charge < -0.3 is 0 Å². The van der Waals surface area contributed by atoms with Crippen molar-refractivity contribution in [1.82, 2.24) is 0 Å². The van der Waals surface area contributed by atoms with Gasteiger partial charge in [-0.3, -0.25) is 4.79 Å². The number of dihydropyridines is 1. The van der Waals surface area contributed by atoms with Gasteiger partial charge in [-0.15, -0.1) is 0 Å². The number of nitriles is 1. The van der Waals surface area contributed by atoms with Gasteiger partial charge in [-0.05, 0) is 6.08 Å². The normalized spacial score (nSPS) is 23.8. The molecule has 1 aliphatic heterocycles. The van der Waals surface area contributed by atoms with Gasteiger partial charge in [-0.1, -0.05) is 11.6 Å². The lowest BCUT2D eigenvalue weighted by Crippen LogP contribution is -2.13. The summed E-state index contributed by atoms with van der Waals surface area (Å²) in [5.74, 6) is -1.37. The minimum Gasteiger partial charge on any atom is -0.271 e. The van der Waals surface area contributed by atoms with Crippen LogP contribution in [0.3, 0.4) is 0 Å². The number of allylic oxidation sites excluding steroid dienone is 1. The molecule has 50 valence electrons. The quantitative estimate of drug-likeness (QED) is 0.520. The molecule has 1 unspecified atom stereocenters. The molecule has 1 amide bonds. The van der Waals surface area contributed by atoms with E-state index in [1.165, 1.54) is 12.3 Å². The standard InChI is InChI=1S/C6H3ClN2O/c7-5-1-2-9-6(10)4(5)3-8/h1-2,4H. The van der Waals surface area contributed by atoms with E-state index in [2.05, 4.69) is 4.99 Å². The molecule has 0 bridgehead atoms. The second-order valence-electron chi connectivity index (χ2n) is 1.73. The van der Waals surface area contributed by atoms with E-state index in [1.807, 2.05) is 0 Å². The first kappa shape index (κ1) is 6.97. The average molecular weight is 155 g/mol. The first-order valence-corrected chi connectivity index (χ1v) is 2.96. The summed E-state index contributed by atoms with van der Waals surface area (Å²) >= 11 is 5.50. The topological polar surface area (TPSA) is 53.2 Å². The van der Waals surface area contributed by atoms with Crippen molar-refractivity contribution in [1.29, 1.82) is 5.26 Å². The Morgan fingerprint density at radius 2 is 2.50 bits per heavy atom. The van der Waals surface area contributed by atoms with E-state index in [0.29, 0.717) is 0 Å². The lowest BCUT2D eigenvalue weighted by atomic mass is 10.1. The molecule has 1 aliphatic rings.